The first-order valence-corrected chi connectivity index (χ1v) is 10.5. The first-order valence-electron chi connectivity index (χ1n) is 9.04. The molecule has 0 heterocycles. The van der Waals surface area contributed by atoms with Gasteiger partial charge in [-0.1, -0.05) is 65.2 Å². The van der Waals surface area contributed by atoms with Crippen molar-refractivity contribution in [3.05, 3.63) is 0 Å². The Labute approximate surface area is 165 Å². The van der Waals surface area contributed by atoms with Gasteiger partial charge in [-0.2, -0.15) is 0 Å². The van der Waals surface area contributed by atoms with E-state index in [0.717, 1.165) is 32.1 Å². The Morgan fingerprint density at radius 2 is 1.26 bits per heavy atom. The Kier molecular flexibility index (Phi) is 18.5. The fourth-order valence-corrected chi connectivity index (χ4v) is 3.66. The van der Waals surface area contributed by atoms with E-state index in [2.05, 4.69) is 6.92 Å². The third-order valence-corrected chi connectivity index (χ3v) is 5.53. The maximum atomic E-state index is 11.2. The molecular formula is C17H35NaO4S. The summed E-state index contributed by atoms with van der Waals surface area (Å²) in [7, 11) is -4.20. The molecule has 2 atom stereocenters. The van der Waals surface area contributed by atoms with E-state index in [1.807, 2.05) is 6.92 Å². The number of hydrogen-bond acceptors (Lipinski definition) is 4. The summed E-state index contributed by atoms with van der Waals surface area (Å²) in [5.41, 5.74) is 0. The Hall–Kier alpha value is 0.870. The molecule has 0 aromatic carbocycles. The molecule has 0 aliphatic heterocycles. The predicted octanol–water partition coefficient (Wildman–Crippen LogP) is 1.38. The van der Waals surface area contributed by atoms with Gasteiger partial charge in [0.15, 0.2) is 0 Å². The molecule has 0 radical (unpaired) electrons. The molecule has 0 saturated carbocycles. The zero-order valence-electron chi connectivity index (χ0n) is 15.4. The second-order valence-corrected chi connectivity index (χ2v) is 8.05. The van der Waals surface area contributed by atoms with Crippen LogP contribution < -0.4 is 29.6 Å². The fraction of sp³-hybridized carbons (Fsp3) is 1.00. The first kappa shape index (κ1) is 26.1. The molecule has 0 aromatic heterocycles. The largest absolute Gasteiger partial charge is 1.00 e. The van der Waals surface area contributed by atoms with Crippen LogP contribution in [0.1, 0.15) is 97.3 Å². The van der Waals surface area contributed by atoms with E-state index in [0.29, 0.717) is 25.7 Å². The summed E-state index contributed by atoms with van der Waals surface area (Å²) >= 11 is 0. The Bertz CT molecular complexity index is 347. The average Bonchev–Trinajstić information content (AvgIpc) is 2.45. The normalized spacial score (nSPS) is 14.3. The number of rotatable bonds is 15. The van der Waals surface area contributed by atoms with E-state index in [1.165, 1.54) is 25.7 Å². The van der Waals surface area contributed by atoms with Gasteiger partial charge in [0.05, 0.1) is 16.2 Å². The van der Waals surface area contributed by atoms with Crippen LogP contribution in [0, 0.1) is 0 Å². The Morgan fingerprint density at radius 3 is 1.83 bits per heavy atom. The zero-order valence-corrected chi connectivity index (χ0v) is 18.2. The quantitative estimate of drug-likeness (QED) is 0.272. The molecule has 0 aromatic rings. The number of unbranched alkanes of at least 4 members (excludes halogenated alkanes) is 6. The van der Waals surface area contributed by atoms with E-state index in [1.54, 1.807) is 0 Å². The molecule has 0 fully saturated rings. The van der Waals surface area contributed by atoms with Gasteiger partial charge in [-0.25, -0.2) is 8.42 Å². The maximum Gasteiger partial charge on any atom is 1.00 e. The van der Waals surface area contributed by atoms with E-state index >= 15 is 0 Å². The molecule has 0 spiro atoms. The minimum atomic E-state index is -4.20. The van der Waals surface area contributed by atoms with Crippen LogP contribution in [0.4, 0.5) is 0 Å². The number of aliphatic hydroxyl groups excluding tert-OH is 1. The second-order valence-electron chi connectivity index (χ2n) is 6.40. The fourth-order valence-electron chi connectivity index (χ4n) is 2.75. The molecule has 1 N–H and O–H groups in total. The van der Waals surface area contributed by atoms with Crippen molar-refractivity contribution in [2.24, 2.45) is 0 Å². The summed E-state index contributed by atoms with van der Waals surface area (Å²) in [5.74, 6) is 0. The van der Waals surface area contributed by atoms with Crippen molar-refractivity contribution >= 4 is 10.1 Å². The first-order chi connectivity index (χ1) is 10.4. The Morgan fingerprint density at radius 1 is 0.783 bits per heavy atom. The SMILES string of the molecule is CCCCCCCCC(O)CCCC(CCCC)S(=O)(=O)[O-].[Na+]. The number of aliphatic hydroxyl groups is 1. The summed E-state index contributed by atoms with van der Waals surface area (Å²) < 4.78 is 33.6. The molecule has 6 heteroatoms. The molecule has 0 aliphatic rings. The molecule has 0 saturated heterocycles. The summed E-state index contributed by atoms with van der Waals surface area (Å²) in [6, 6.07) is 0. The van der Waals surface area contributed by atoms with Crippen LogP contribution in [0.5, 0.6) is 0 Å². The van der Waals surface area contributed by atoms with Crippen LogP contribution >= 0.6 is 0 Å². The van der Waals surface area contributed by atoms with Crippen LogP contribution in [-0.4, -0.2) is 29.4 Å². The van der Waals surface area contributed by atoms with Gasteiger partial charge in [-0.3, -0.25) is 0 Å². The summed E-state index contributed by atoms with van der Waals surface area (Å²) in [6.45, 7) is 4.18. The molecule has 4 nitrogen and oxygen atoms in total. The predicted molar refractivity (Wildman–Crippen MR) is 90.9 cm³/mol. The molecule has 2 unspecified atom stereocenters. The molecule has 0 rings (SSSR count). The van der Waals surface area contributed by atoms with Gasteiger partial charge < -0.3 is 9.66 Å². The van der Waals surface area contributed by atoms with Crippen molar-refractivity contribution in [1.29, 1.82) is 0 Å². The Balaban J connectivity index is 0. The van der Waals surface area contributed by atoms with Crippen molar-refractivity contribution in [2.75, 3.05) is 0 Å². The van der Waals surface area contributed by atoms with Crippen molar-refractivity contribution < 1.29 is 47.6 Å². The third-order valence-electron chi connectivity index (χ3n) is 4.24. The summed E-state index contributed by atoms with van der Waals surface area (Å²) in [5, 5.41) is 9.15. The molecular weight excluding hydrogens is 323 g/mol. The smallest absolute Gasteiger partial charge is 0.748 e. The van der Waals surface area contributed by atoms with Gasteiger partial charge in [0.25, 0.3) is 0 Å². The molecule has 23 heavy (non-hydrogen) atoms. The molecule has 0 amide bonds. The minimum absolute atomic E-state index is 0. The average molecular weight is 359 g/mol. The van der Waals surface area contributed by atoms with Crippen LogP contribution in [0.15, 0.2) is 0 Å². The summed E-state index contributed by atoms with van der Waals surface area (Å²) in [6.07, 6.45) is 11.4. The number of hydrogen-bond donors (Lipinski definition) is 1. The minimum Gasteiger partial charge on any atom is -0.748 e. The van der Waals surface area contributed by atoms with Gasteiger partial charge in [0, 0.05) is 5.25 Å². The summed E-state index contributed by atoms with van der Waals surface area (Å²) in [4.78, 5) is 0. The van der Waals surface area contributed by atoms with Gasteiger partial charge >= 0.3 is 29.6 Å². The van der Waals surface area contributed by atoms with Crippen molar-refractivity contribution in [3.63, 3.8) is 0 Å². The van der Waals surface area contributed by atoms with Crippen LogP contribution in [0.25, 0.3) is 0 Å². The van der Waals surface area contributed by atoms with E-state index < -0.39 is 15.4 Å². The topological polar surface area (TPSA) is 77.4 Å². The van der Waals surface area contributed by atoms with Crippen molar-refractivity contribution in [3.8, 4) is 0 Å². The third kappa shape index (κ3) is 16.1. The van der Waals surface area contributed by atoms with E-state index in [-0.39, 0.29) is 35.7 Å². The van der Waals surface area contributed by atoms with Gasteiger partial charge in [0.2, 0.25) is 0 Å². The molecule has 0 aliphatic carbocycles. The van der Waals surface area contributed by atoms with E-state index in [9.17, 15) is 18.1 Å². The van der Waals surface area contributed by atoms with Crippen molar-refractivity contribution in [2.45, 2.75) is 109 Å². The maximum absolute atomic E-state index is 11.2. The van der Waals surface area contributed by atoms with Gasteiger partial charge in [-0.15, -0.1) is 0 Å². The van der Waals surface area contributed by atoms with Crippen LogP contribution in [-0.2, 0) is 10.1 Å². The zero-order chi connectivity index (χ0) is 16.8. The molecule has 0 bridgehead atoms. The van der Waals surface area contributed by atoms with Crippen LogP contribution in [0.3, 0.4) is 0 Å². The standard InChI is InChI=1S/C17H36O4S.Na/c1-3-5-7-8-9-10-12-16(18)13-11-15-17(14-6-4-2)22(19,20)21;/h16-18H,3-15H2,1-2H3,(H,19,20,21);/q;+1/p-1. The van der Waals surface area contributed by atoms with Gasteiger partial charge in [0.1, 0.15) is 0 Å². The van der Waals surface area contributed by atoms with Crippen molar-refractivity contribution in [1.82, 2.24) is 0 Å². The molecule has 134 valence electrons. The van der Waals surface area contributed by atoms with Gasteiger partial charge in [-0.05, 0) is 32.1 Å². The van der Waals surface area contributed by atoms with Crippen LogP contribution in [0.2, 0.25) is 0 Å². The second kappa shape index (κ2) is 16.3. The van der Waals surface area contributed by atoms with E-state index in [4.69, 9.17) is 0 Å². The monoisotopic (exact) mass is 358 g/mol.